The zero-order valence-electron chi connectivity index (χ0n) is 10.2. The van der Waals surface area contributed by atoms with Crippen molar-refractivity contribution < 1.29 is 5.11 Å². The largest absolute Gasteiger partial charge is 0.388 e. The van der Waals surface area contributed by atoms with Gasteiger partial charge < -0.3 is 10.0 Å². The van der Waals surface area contributed by atoms with E-state index in [1.54, 1.807) is 18.3 Å². The number of nitrogens with zero attached hydrogens (tertiary/aromatic N) is 3. The third-order valence-electron chi connectivity index (χ3n) is 3.25. The fourth-order valence-corrected chi connectivity index (χ4v) is 2.47. The molecular formula is C13H17N3O. The number of hydrogen-bond donors (Lipinski definition) is 1. The molecule has 1 atom stereocenters. The van der Waals surface area contributed by atoms with Gasteiger partial charge in [-0.25, -0.2) is 4.98 Å². The summed E-state index contributed by atoms with van der Waals surface area (Å²) in [5, 5.41) is 19.2. The number of hydrogen-bond acceptors (Lipinski definition) is 4. The number of anilines is 1. The first kappa shape index (κ1) is 11.9. The molecule has 0 spiro atoms. The van der Waals surface area contributed by atoms with Crippen molar-refractivity contribution in [2.75, 3.05) is 11.4 Å². The molecule has 0 amide bonds. The van der Waals surface area contributed by atoms with E-state index in [9.17, 15) is 5.11 Å². The maximum absolute atomic E-state index is 10.2. The normalized spacial score (nSPS) is 20.4. The summed E-state index contributed by atoms with van der Waals surface area (Å²) < 4.78 is 0. The molecule has 90 valence electrons. The smallest absolute Gasteiger partial charge is 0.146 e. The Labute approximate surface area is 102 Å². The van der Waals surface area contributed by atoms with Crippen molar-refractivity contribution in [3.05, 3.63) is 23.9 Å². The van der Waals surface area contributed by atoms with Gasteiger partial charge in [-0.05, 0) is 38.8 Å². The second kappa shape index (κ2) is 4.34. The Hall–Kier alpha value is -1.60. The van der Waals surface area contributed by atoms with Crippen LogP contribution in [0.4, 0.5) is 5.82 Å². The summed E-state index contributed by atoms with van der Waals surface area (Å²) in [6.07, 6.45) is 3.65. The van der Waals surface area contributed by atoms with E-state index in [2.05, 4.69) is 16.0 Å². The zero-order chi connectivity index (χ0) is 12.5. The highest BCUT2D eigenvalue weighted by molar-refractivity contribution is 5.55. The molecule has 4 nitrogen and oxygen atoms in total. The number of pyridine rings is 1. The highest BCUT2D eigenvalue weighted by Gasteiger charge is 2.37. The molecule has 1 N–H and O–H groups in total. The van der Waals surface area contributed by atoms with Gasteiger partial charge in [0.1, 0.15) is 11.9 Å². The first-order chi connectivity index (χ1) is 8.04. The van der Waals surface area contributed by atoms with Crippen molar-refractivity contribution in [1.82, 2.24) is 4.98 Å². The number of aliphatic hydroxyl groups is 1. The van der Waals surface area contributed by atoms with Crippen molar-refractivity contribution in [3.63, 3.8) is 0 Å². The van der Waals surface area contributed by atoms with Crippen LogP contribution in [-0.4, -0.2) is 28.3 Å². The Balaban J connectivity index is 2.37. The van der Waals surface area contributed by atoms with Gasteiger partial charge in [0, 0.05) is 12.7 Å². The van der Waals surface area contributed by atoms with Crippen LogP contribution in [0.25, 0.3) is 0 Å². The average Bonchev–Trinajstić information content (AvgIpc) is 2.77. The summed E-state index contributed by atoms with van der Waals surface area (Å²) in [5.41, 5.74) is -0.204. The number of rotatable bonds is 2. The van der Waals surface area contributed by atoms with Gasteiger partial charge in [-0.1, -0.05) is 0 Å². The Kier molecular flexibility index (Phi) is 3.03. The standard InChI is InChI=1S/C13H17N3O/c1-13(2,17)11-6-4-8-16(11)12-10(9-14)5-3-7-15-12/h3,5,7,11,17H,4,6,8H2,1-2H3. The summed E-state index contributed by atoms with van der Waals surface area (Å²) in [5.74, 6) is 0.694. The number of nitriles is 1. The molecule has 1 saturated heterocycles. The minimum atomic E-state index is -0.777. The van der Waals surface area contributed by atoms with Crippen LogP contribution in [0.2, 0.25) is 0 Å². The summed E-state index contributed by atoms with van der Waals surface area (Å²) in [7, 11) is 0. The molecule has 1 aromatic rings. The van der Waals surface area contributed by atoms with E-state index in [0.29, 0.717) is 11.4 Å². The molecule has 0 aliphatic carbocycles. The van der Waals surface area contributed by atoms with Gasteiger partial charge in [0.2, 0.25) is 0 Å². The molecule has 1 aromatic heterocycles. The molecule has 0 aromatic carbocycles. The van der Waals surface area contributed by atoms with Gasteiger partial charge in [0.15, 0.2) is 0 Å². The molecule has 1 fully saturated rings. The van der Waals surface area contributed by atoms with E-state index < -0.39 is 5.60 Å². The first-order valence-electron chi connectivity index (χ1n) is 5.88. The van der Waals surface area contributed by atoms with Crippen molar-refractivity contribution >= 4 is 5.82 Å². The van der Waals surface area contributed by atoms with Gasteiger partial charge in [0.05, 0.1) is 17.2 Å². The van der Waals surface area contributed by atoms with Crippen molar-refractivity contribution in [3.8, 4) is 6.07 Å². The van der Waals surface area contributed by atoms with Crippen molar-refractivity contribution in [2.24, 2.45) is 0 Å². The van der Waals surface area contributed by atoms with Gasteiger partial charge >= 0.3 is 0 Å². The molecule has 1 aliphatic rings. The van der Waals surface area contributed by atoms with E-state index in [4.69, 9.17) is 5.26 Å². The van der Waals surface area contributed by atoms with Crippen LogP contribution in [0.5, 0.6) is 0 Å². The van der Waals surface area contributed by atoms with Crippen LogP contribution in [0.3, 0.4) is 0 Å². The molecule has 0 saturated carbocycles. The predicted molar refractivity (Wildman–Crippen MR) is 65.6 cm³/mol. The quantitative estimate of drug-likeness (QED) is 0.841. The monoisotopic (exact) mass is 231 g/mol. The van der Waals surface area contributed by atoms with Gasteiger partial charge in [-0.2, -0.15) is 5.26 Å². The lowest BCUT2D eigenvalue weighted by Gasteiger charge is -2.34. The fraction of sp³-hybridized carbons (Fsp3) is 0.538. The molecule has 1 unspecified atom stereocenters. The highest BCUT2D eigenvalue weighted by Crippen LogP contribution is 2.31. The van der Waals surface area contributed by atoms with E-state index in [-0.39, 0.29) is 6.04 Å². The maximum Gasteiger partial charge on any atom is 0.146 e. The lowest BCUT2D eigenvalue weighted by molar-refractivity contribution is 0.0533. The van der Waals surface area contributed by atoms with Gasteiger partial charge in [-0.3, -0.25) is 0 Å². The highest BCUT2D eigenvalue weighted by atomic mass is 16.3. The molecule has 0 bridgehead atoms. The Bertz CT molecular complexity index is 445. The third-order valence-corrected chi connectivity index (χ3v) is 3.25. The van der Waals surface area contributed by atoms with Crippen molar-refractivity contribution in [1.29, 1.82) is 5.26 Å². The minimum absolute atomic E-state index is 0.0319. The topological polar surface area (TPSA) is 60.1 Å². The fourth-order valence-electron chi connectivity index (χ4n) is 2.47. The Morgan fingerprint density at radius 2 is 2.35 bits per heavy atom. The van der Waals surface area contributed by atoms with Gasteiger partial charge in [0.25, 0.3) is 0 Å². The maximum atomic E-state index is 10.2. The molecule has 2 rings (SSSR count). The third kappa shape index (κ3) is 2.25. The molecule has 17 heavy (non-hydrogen) atoms. The van der Waals surface area contributed by atoms with Gasteiger partial charge in [-0.15, -0.1) is 0 Å². The SMILES string of the molecule is CC(C)(O)C1CCCN1c1ncccc1C#N. The van der Waals surface area contributed by atoms with Crippen LogP contribution in [-0.2, 0) is 0 Å². The van der Waals surface area contributed by atoms with Crippen LogP contribution in [0.15, 0.2) is 18.3 Å². The Morgan fingerprint density at radius 1 is 1.59 bits per heavy atom. The molecule has 1 aliphatic heterocycles. The van der Waals surface area contributed by atoms with Crippen LogP contribution < -0.4 is 4.90 Å². The Morgan fingerprint density at radius 3 is 3.00 bits per heavy atom. The average molecular weight is 231 g/mol. The summed E-state index contributed by atoms with van der Waals surface area (Å²) in [6.45, 7) is 4.47. The summed E-state index contributed by atoms with van der Waals surface area (Å²) in [6, 6.07) is 5.72. The van der Waals surface area contributed by atoms with Crippen LogP contribution in [0.1, 0.15) is 32.3 Å². The molecule has 0 radical (unpaired) electrons. The minimum Gasteiger partial charge on any atom is -0.388 e. The van der Waals surface area contributed by atoms with Crippen LogP contribution in [0, 0.1) is 11.3 Å². The van der Waals surface area contributed by atoms with Crippen LogP contribution >= 0.6 is 0 Å². The van der Waals surface area contributed by atoms with Crippen molar-refractivity contribution in [2.45, 2.75) is 38.3 Å². The predicted octanol–water partition coefficient (Wildman–Crippen LogP) is 1.69. The number of aromatic nitrogens is 1. The van der Waals surface area contributed by atoms with E-state index in [1.807, 2.05) is 13.8 Å². The summed E-state index contributed by atoms with van der Waals surface area (Å²) in [4.78, 5) is 6.34. The van der Waals surface area contributed by atoms with E-state index >= 15 is 0 Å². The molecule has 4 heteroatoms. The lowest BCUT2D eigenvalue weighted by atomic mass is 9.96. The molecular weight excluding hydrogens is 214 g/mol. The van der Waals surface area contributed by atoms with E-state index in [1.165, 1.54) is 0 Å². The first-order valence-corrected chi connectivity index (χ1v) is 5.88. The second-order valence-corrected chi connectivity index (χ2v) is 4.99. The van der Waals surface area contributed by atoms with E-state index in [0.717, 1.165) is 19.4 Å². The zero-order valence-corrected chi connectivity index (χ0v) is 10.2. The second-order valence-electron chi connectivity index (χ2n) is 4.99. The molecule has 2 heterocycles. The summed E-state index contributed by atoms with van der Waals surface area (Å²) >= 11 is 0. The lowest BCUT2D eigenvalue weighted by Crippen LogP contribution is -2.46.